The highest BCUT2D eigenvalue weighted by Gasteiger charge is 2.15. The number of alkyl halides is 2. The molecule has 0 saturated carbocycles. The van der Waals surface area contributed by atoms with Crippen LogP contribution in [0.15, 0.2) is 18.5 Å². The molecule has 1 aromatic heterocycles. The first-order valence-corrected chi connectivity index (χ1v) is 4.16. The number of hydrogen-bond donors (Lipinski definition) is 0. The zero-order valence-electron chi connectivity index (χ0n) is 8.08. The van der Waals surface area contributed by atoms with E-state index in [0.29, 0.717) is 5.56 Å². The van der Waals surface area contributed by atoms with Crippen LogP contribution in [0.2, 0.25) is 0 Å². The first-order chi connectivity index (χ1) is 6.50. The predicted molar refractivity (Wildman–Crippen MR) is 48.4 cm³/mol. The molecule has 1 heterocycles. The lowest BCUT2D eigenvalue weighted by Gasteiger charge is -2.15. The van der Waals surface area contributed by atoms with Crippen molar-refractivity contribution in [1.82, 2.24) is 9.47 Å². The minimum atomic E-state index is -2.49. The second kappa shape index (κ2) is 4.21. The van der Waals surface area contributed by atoms with Gasteiger partial charge in [0, 0.05) is 26.5 Å². The summed E-state index contributed by atoms with van der Waals surface area (Å²) >= 11 is 0. The van der Waals surface area contributed by atoms with Crippen molar-refractivity contribution in [2.24, 2.45) is 7.05 Å². The number of aryl methyl sites for hydroxylation is 1. The molecule has 5 heteroatoms. The third-order valence-electron chi connectivity index (χ3n) is 1.84. The standard InChI is InChI=1S/C9H12F2N2O/c1-12-4-3-7(5-12)9(14)13(2)6-8(10)11/h3-5,8H,6H2,1-2H3. The van der Waals surface area contributed by atoms with Gasteiger partial charge in [0.05, 0.1) is 12.1 Å². The lowest BCUT2D eigenvalue weighted by atomic mass is 10.3. The first kappa shape index (κ1) is 10.7. The minimum Gasteiger partial charge on any atom is -0.356 e. The predicted octanol–water partition coefficient (Wildman–Crippen LogP) is 1.36. The Morgan fingerprint density at radius 3 is 2.71 bits per heavy atom. The molecule has 78 valence electrons. The molecule has 0 aliphatic heterocycles. The van der Waals surface area contributed by atoms with E-state index in [9.17, 15) is 13.6 Å². The number of amides is 1. The van der Waals surface area contributed by atoms with Gasteiger partial charge in [-0.2, -0.15) is 0 Å². The van der Waals surface area contributed by atoms with Crippen LogP contribution in [0.4, 0.5) is 8.78 Å². The molecule has 0 fully saturated rings. The summed E-state index contributed by atoms with van der Waals surface area (Å²) in [4.78, 5) is 12.5. The number of carbonyl (C=O) groups excluding carboxylic acids is 1. The molecular formula is C9H12F2N2O. The number of hydrogen-bond acceptors (Lipinski definition) is 1. The Morgan fingerprint density at radius 1 is 1.64 bits per heavy atom. The normalized spacial score (nSPS) is 10.6. The van der Waals surface area contributed by atoms with Crippen LogP contribution >= 0.6 is 0 Å². The fraction of sp³-hybridized carbons (Fsp3) is 0.444. The molecule has 1 rings (SSSR count). The summed E-state index contributed by atoms with van der Waals surface area (Å²) in [7, 11) is 3.13. The minimum absolute atomic E-state index is 0.383. The van der Waals surface area contributed by atoms with Crippen LogP contribution in [0.25, 0.3) is 0 Å². The van der Waals surface area contributed by atoms with Crippen molar-refractivity contribution in [3.63, 3.8) is 0 Å². The van der Waals surface area contributed by atoms with E-state index in [1.54, 1.807) is 30.1 Å². The maximum Gasteiger partial charge on any atom is 0.255 e. The van der Waals surface area contributed by atoms with Gasteiger partial charge in [-0.25, -0.2) is 8.78 Å². The summed E-state index contributed by atoms with van der Waals surface area (Å²) < 4.78 is 25.6. The molecule has 0 unspecified atom stereocenters. The second-order valence-corrected chi connectivity index (χ2v) is 3.14. The van der Waals surface area contributed by atoms with Gasteiger partial charge in [0.25, 0.3) is 12.3 Å². The van der Waals surface area contributed by atoms with Crippen molar-refractivity contribution < 1.29 is 13.6 Å². The zero-order valence-corrected chi connectivity index (χ0v) is 8.08. The largest absolute Gasteiger partial charge is 0.356 e. The molecule has 0 aliphatic rings. The van der Waals surface area contributed by atoms with Crippen LogP contribution in [-0.4, -0.2) is 35.4 Å². The third kappa shape index (κ3) is 2.55. The molecular weight excluding hydrogens is 190 g/mol. The summed E-state index contributed by atoms with van der Waals surface area (Å²) in [6.07, 6.45) is 0.806. The smallest absolute Gasteiger partial charge is 0.255 e. The quantitative estimate of drug-likeness (QED) is 0.726. The van der Waals surface area contributed by atoms with E-state index in [0.717, 1.165) is 4.90 Å². The molecule has 14 heavy (non-hydrogen) atoms. The van der Waals surface area contributed by atoms with E-state index >= 15 is 0 Å². The Kier molecular flexibility index (Phi) is 3.22. The van der Waals surface area contributed by atoms with E-state index < -0.39 is 13.0 Å². The Labute approximate surface area is 80.9 Å². The lowest BCUT2D eigenvalue weighted by molar-refractivity contribution is 0.0620. The van der Waals surface area contributed by atoms with Gasteiger partial charge in [0.1, 0.15) is 0 Å². The molecule has 0 atom stereocenters. The van der Waals surface area contributed by atoms with Crippen molar-refractivity contribution in [3.05, 3.63) is 24.0 Å². The zero-order chi connectivity index (χ0) is 10.7. The summed E-state index contributed by atoms with van der Waals surface area (Å²) in [5, 5.41) is 0. The van der Waals surface area contributed by atoms with Gasteiger partial charge >= 0.3 is 0 Å². The van der Waals surface area contributed by atoms with E-state index in [2.05, 4.69) is 0 Å². The van der Waals surface area contributed by atoms with Crippen molar-refractivity contribution in [3.8, 4) is 0 Å². The molecule has 3 nitrogen and oxygen atoms in total. The Bertz CT molecular complexity index is 322. The molecule has 1 aromatic rings. The third-order valence-corrected chi connectivity index (χ3v) is 1.84. The van der Waals surface area contributed by atoms with Crippen LogP contribution in [0, 0.1) is 0 Å². The van der Waals surface area contributed by atoms with Gasteiger partial charge in [0.2, 0.25) is 0 Å². The molecule has 0 aromatic carbocycles. The fourth-order valence-corrected chi connectivity index (χ4v) is 1.14. The van der Waals surface area contributed by atoms with Crippen molar-refractivity contribution >= 4 is 5.91 Å². The highest BCUT2D eigenvalue weighted by atomic mass is 19.3. The first-order valence-electron chi connectivity index (χ1n) is 4.16. The van der Waals surface area contributed by atoms with Gasteiger partial charge in [-0.1, -0.05) is 0 Å². The average molecular weight is 202 g/mol. The van der Waals surface area contributed by atoms with Gasteiger partial charge in [0.15, 0.2) is 0 Å². The van der Waals surface area contributed by atoms with Crippen LogP contribution in [0.1, 0.15) is 10.4 Å². The Morgan fingerprint density at radius 2 is 2.29 bits per heavy atom. The van der Waals surface area contributed by atoms with Crippen LogP contribution in [0.5, 0.6) is 0 Å². The molecule has 1 amide bonds. The van der Waals surface area contributed by atoms with Crippen LogP contribution in [0.3, 0.4) is 0 Å². The van der Waals surface area contributed by atoms with Gasteiger partial charge in [-0.05, 0) is 6.07 Å². The monoisotopic (exact) mass is 202 g/mol. The topological polar surface area (TPSA) is 25.2 Å². The summed E-state index contributed by atoms with van der Waals surface area (Å²) in [5.74, 6) is -0.383. The number of nitrogens with zero attached hydrogens (tertiary/aromatic N) is 2. The molecule has 0 aliphatic carbocycles. The Hall–Kier alpha value is -1.39. The fourth-order valence-electron chi connectivity index (χ4n) is 1.14. The highest BCUT2D eigenvalue weighted by molar-refractivity contribution is 5.93. The molecule has 0 N–H and O–H groups in total. The summed E-state index contributed by atoms with van der Waals surface area (Å²) in [5.41, 5.74) is 0.427. The number of carbonyl (C=O) groups is 1. The maximum absolute atomic E-state index is 12.0. The number of rotatable bonds is 3. The molecule has 0 radical (unpaired) electrons. The SMILES string of the molecule is CN(CC(F)F)C(=O)c1ccn(C)c1. The number of halogens is 2. The van der Waals surface area contributed by atoms with Gasteiger partial charge < -0.3 is 9.47 Å². The van der Waals surface area contributed by atoms with Crippen LogP contribution in [-0.2, 0) is 7.05 Å². The summed E-state index contributed by atoms with van der Waals surface area (Å²) in [6, 6.07) is 1.60. The molecule has 0 saturated heterocycles. The maximum atomic E-state index is 12.0. The van der Waals surface area contributed by atoms with Gasteiger partial charge in [-0.15, -0.1) is 0 Å². The van der Waals surface area contributed by atoms with E-state index in [4.69, 9.17) is 0 Å². The van der Waals surface area contributed by atoms with Crippen molar-refractivity contribution in [2.45, 2.75) is 6.43 Å². The average Bonchev–Trinajstić information content (AvgIpc) is 2.49. The van der Waals surface area contributed by atoms with E-state index in [1.807, 2.05) is 0 Å². The van der Waals surface area contributed by atoms with Crippen LogP contribution < -0.4 is 0 Å². The molecule has 0 spiro atoms. The van der Waals surface area contributed by atoms with Crippen molar-refractivity contribution in [1.29, 1.82) is 0 Å². The van der Waals surface area contributed by atoms with Crippen molar-refractivity contribution in [2.75, 3.05) is 13.6 Å². The summed E-state index contributed by atoms with van der Waals surface area (Å²) in [6.45, 7) is -0.534. The Balaban J connectivity index is 2.65. The number of aromatic nitrogens is 1. The molecule has 0 bridgehead atoms. The lowest BCUT2D eigenvalue weighted by Crippen LogP contribution is -2.31. The highest BCUT2D eigenvalue weighted by Crippen LogP contribution is 2.05. The van der Waals surface area contributed by atoms with Gasteiger partial charge in [-0.3, -0.25) is 4.79 Å². The van der Waals surface area contributed by atoms with E-state index in [1.165, 1.54) is 7.05 Å². The van der Waals surface area contributed by atoms with E-state index in [-0.39, 0.29) is 5.91 Å². The second-order valence-electron chi connectivity index (χ2n) is 3.14.